The van der Waals surface area contributed by atoms with Gasteiger partial charge in [0.05, 0.1) is 23.3 Å². The zero-order valence-corrected chi connectivity index (χ0v) is 14.2. The first-order valence-electron chi connectivity index (χ1n) is 7.34. The molecule has 0 unspecified atom stereocenters. The maximum absolute atomic E-state index is 10.9. The van der Waals surface area contributed by atoms with Crippen LogP contribution in [0.2, 0.25) is 10.0 Å². The van der Waals surface area contributed by atoms with E-state index in [1.165, 1.54) is 0 Å². The number of hydrogen-bond donors (Lipinski definition) is 1. The van der Waals surface area contributed by atoms with Crippen molar-refractivity contribution < 1.29 is 9.84 Å². The van der Waals surface area contributed by atoms with E-state index in [1.54, 1.807) is 13.2 Å². The lowest BCUT2D eigenvalue weighted by atomic mass is 9.85. The van der Waals surface area contributed by atoms with Crippen molar-refractivity contribution in [3.63, 3.8) is 0 Å². The summed E-state index contributed by atoms with van der Waals surface area (Å²) in [6.07, 6.45) is 1.14. The van der Waals surface area contributed by atoms with E-state index in [2.05, 4.69) is 6.92 Å². The summed E-state index contributed by atoms with van der Waals surface area (Å²) in [6, 6.07) is 13.1. The molecule has 0 saturated carbocycles. The van der Waals surface area contributed by atoms with Crippen LogP contribution in [0.15, 0.2) is 42.5 Å². The van der Waals surface area contributed by atoms with Crippen LogP contribution in [0.3, 0.4) is 0 Å². The number of halogens is 2. The van der Waals surface area contributed by atoms with Crippen molar-refractivity contribution in [3.8, 4) is 5.75 Å². The molecule has 2 aromatic rings. The first kappa shape index (κ1) is 17.1. The van der Waals surface area contributed by atoms with Crippen LogP contribution in [0.5, 0.6) is 5.75 Å². The van der Waals surface area contributed by atoms with Gasteiger partial charge in [-0.1, -0.05) is 60.8 Å². The Bertz CT molecular complexity index is 628. The molecule has 0 saturated heterocycles. The summed E-state index contributed by atoms with van der Waals surface area (Å²) in [4.78, 5) is 0. The smallest absolute Gasteiger partial charge is 0.124 e. The van der Waals surface area contributed by atoms with Gasteiger partial charge in [0.25, 0.3) is 0 Å². The van der Waals surface area contributed by atoms with Crippen molar-refractivity contribution in [3.05, 3.63) is 63.6 Å². The van der Waals surface area contributed by atoms with Crippen LogP contribution < -0.4 is 4.74 Å². The standard InChI is InChI=1S/C18H20Cl2O2/c1-3-6-13(12-9-10-15(19)16(20)11-12)18(21)14-7-4-5-8-17(14)22-2/h4-5,7-11,13,18,21H,3,6H2,1-2H3/t13-,18+/m1/s1. The molecule has 0 spiro atoms. The molecule has 118 valence electrons. The van der Waals surface area contributed by atoms with E-state index in [0.717, 1.165) is 24.0 Å². The first-order chi connectivity index (χ1) is 10.6. The molecule has 0 amide bonds. The molecule has 22 heavy (non-hydrogen) atoms. The van der Waals surface area contributed by atoms with E-state index in [-0.39, 0.29) is 5.92 Å². The molecule has 0 aliphatic carbocycles. The Balaban J connectivity index is 2.40. The molecule has 0 heterocycles. The Morgan fingerprint density at radius 3 is 2.45 bits per heavy atom. The summed E-state index contributed by atoms with van der Waals surface area (Å²) in [7, 11) is 1.61. The Kier molecular flexibility index (Phi) is 6.13. The Hall–Kier alpha value is -1.22. The van der Waals surface area contributed by atoms with Crippen LogP contribution in [0.25, 0.3) is 0 Å². The van der Waals surface area contributed by atoms with E-state index < -0.39 is 6.10 Å². The van der Waals surface area contributed by atoms with Crippen molar-refractivity contribution >= 4 is 23.2 Å². The van der Waals surface area contributed by atoms with Crippen molar-refractivity contribution in [2.45, 2.75) is 31.8 Å². The Morgan fingerprint density at radius 2 is 1.82 bits per heavy atom. The zero-order chi connectivity index (χ0) is 16.1. The second-order valence-electron chi connectivity index (χ2n) is 5.26. The van der Waals surface area contributed by atoms with Gasteiger partial charge >= 0.3 is 0 Å². The average Bonchev–Trinajstić information content (AvgIpc) is 2.54. The SMILES string of the molecule is CCC[C@H](c1ccc(Cl)c(Cl)c1)[C@H](O)c1ccccc1OC. The van der Waals surface area contributed by atoms with Crippen molar-refractivity contribution in [1.29, 1.82) is 0 Å². The molecule has 0 aromatic heterocycles. The zero-order valence-electron chi connectivity index (χ0n) is 12.7. The van der Waals surface area contributed by atoms with Crippen LogP contribution >= 0.6 is 23.2 Å². The molecule has 0 fully saturated rings. The van der Waals surface area contributed by atoms with E-state index in [0.29, 0.717) is 15.8 Å². The molecular weight excluding hydrogens is 319 g/mol. The second-order valence-corrected chi connectivity index (χ2v) is 6.07. The summed E-state index contributed by atoms with van der Waals surface area (Å²) in [5, 5.41) is 11.9. The highest BCUT2D eigenvalue weighted by Gasteiger charge is 2.25. The highest BCUT2D eigenvalue weighted by molar-refractivity contribution is 6.42. The summed E-state index contributed by atoms with van der Waals surface area (Å²) < 4.78 is 5.37. The Morgan fingerprint density at radius 1 is 1.09 bits per heavy atom. The van der Waals surface area contributed by atoms with Crippen LogP contribution in [0.1, 0.15) is 42.9 Å². The first-order valence-corrected chi connectivity index (χ1v) is 8.10. The molecule has 0 bridgehead atoms. The normalized spacial score (nSPS) is 13.7. The minimum absolute atomic E-state index is 0.0592. The third kappa shape index (κ3) is 3.75. The summed E-state index contributed by atoms with van der Waals surface area (Å²) >= 11 is 12.1. The Labute approximate surface area is 141 Å². The molecule has 2 aromatic carbocycles. The largest absolute Gasteiger partial charge is 0.496 e. The van der Waals surface area contributed by atoms with Crippen molar-refractivity contribution in [2.75, 3.05) is 7.11 Å². The van der Waals surface area contributed by atoms with Crippen LogP contribution in [-0.2, 0) is 0 Å². The van der Waals surface area contributed by atoms with Crippen LogP contribution in [0.4, 0.5) is 0 Å². The fourth-order valence-corrected chi connectivity index (χ4v) is 2.99. The van der Waals surface area contributed by atoms with Gasteiger partial charge in [-0.05, 0) is 30.2 Å². The van der Waals surface area contributed by atoms with E-state index in [9.17, 15) is 5.11 Å². The van der Waals surface area contributed by atoms with Crippen molar-refractivity contribution in [1.82, 2.24) is 0 Å². The number of methoxy groups -OCH3 is 1. The van der Waals surface area contributed by atoms with Gasteiger partial charge in [-0.15, -0.1) is 0 Å². The maximum atomic E-state index is 10.9. The number of ether oxygens (including phenoxy) is 1. The highest BCUT2D eigenvalue weighted by atomic mass is 35.5. The third-order valence-corrected chi connectivity index (χ3v) is 4.55. The monoisotopic (exact) mass is 338 g/mol. The van der Waals surface area contributed by atoms with Gasteiger partial charge < -0.3 is 9.84 Å². The highest BCUT2D eigenvalue weighted by Crippen LogP contribution is 2.39. The number of para-hydroxylation sites is 1. The quantitative estimate of drug-likeness (QED) is 0.740. The van der Waals surface area contributed by atoms with Gasteiger partial charge in [0.15, 0.2) is 0 Å². The number of rotatable bonds is 6. The fourth-order valence-electron chi connectivity index (χ4n) is 2.69. The molecule has 0 aliphatic rings. The maximum Gasteiger partial charge on any atom is 0.124 e. The molecule has 1 N–H and O–H groups in total. The third-order valence-electron chi connectivity index (χ3n) is 3.81. The molecule has 4 heteroatoms. The van der Waals surface area contributed by atoms with Gasteiger partial charge in [-0.2, -0.15) is 0 Å². The number of hydrogen-bond acceptors (Lipinski definition) is 2. The fraction of sp³-hybridized carbons (Fsp3) is 0.333. The molecule has 2 atom stereocenters. The van der Waals surface area contributed by atoms with Crippen molar-refractivity contribution in [2.24, 2.45) is 0 Å². The number of benzene rings is 2. The minimum Gasteiger partial charge on any atom is -0.496 e. The number of aliphatic hydroxyl groups excluding tert-OH is 1. The van der Waals surface area contributed by atoms with Gasteiger partial charge in [0.2, 0.25) is 0 Å². The predicted molar refractivity (Wildman–Crippen MR) is 92.1 cm³/mol. The van der Waals surface area contributed by atoms with E-state index in [4.69, 9.17) is 27.9 Å². The molecular formula is C18H20Cl2O2. The molecule has 0 radical (unpaired) electrons. The van der Waals surface area contributed by atoms with E-state index in [1.807, 2.05) is 36.4 Å². The molecule has 2 nitrogen and oxygen atoms in total. The van der Waals surface area contributed by atoms with Crippen LogP contribution in [-0.4, -0.2) is 12.2 Å². The average molecular weight is 339 g/mol. The van der Waals surface area contributed by atoms with Gasteiger partial charge in [0.1, 0.15) is 5.75 Å². The minimum atomic E-state index is -0.659. The topological polar surface area (TPSA) is 29.5 Å². The summed E-state index contributed by atoms with van der Waals surface area (Å²) in [5.41, 5.74) is 1.77. The lowest BCUT2D eigenvalue weighted by Gasteiger charge is -2.25. The van der Waals surface area contributed by atoms with Crippen LogP contribution in [0, 0.1) is 0 Å². The van der Waals surface area contributed by atoms with Gasteiger partial charge in [0, 0.05) is 11.5 Å². The lowest BCUT2D eigenvalue weighted by molar-refractivity contribution is 0.136. The van der Waals surface area contributed by atoms with E-state index >= 15 is 0 Å². The molecule has 2 rings (SSSR count). The van der Waals surface area contributed by atoms with Gasteiger partial charge in [-0.25, -0.2) is 0 Å². The molecule has 0 aliphatic heterocycles. The predicted octanol–water partition coefficient (Wildman–Crippen LogP) is 5.62. The van der Waals surface area contributed by atoms with Gasteiger partial charge in [-0.3, -0.25) is 0 Å². The number of aliphatic hydroxyl groups is 1. The summed E-state index contributed by atoms with van der Waals surface area (Å²) in [6.45, 7) is 2.10. The second kappa shape index (κ2) is 7.87. The summed E-state index contributed by atoms with van der Waals surface area (Å²) in [5.74, 6) is 0.632. The lowest BCUT2D eigenvalue weighted by Crippen LogP contribution is -2.12.